The summed E-state index contributed by atoms with van der Waals surface area (Å²) in [6.45, 7) is 4.06. The third-order valence-electron chi connectivity index (χ3n) is 5.37. The van der Waals surface area contributed by atoms with E-state index in [1.165, 1.54) is 51.4 Å². The van der Waals surface area contributed by atoms with Crippen molar-refractivity contribution in [3.63, 3.8) is 0 Å². The van der Waals surface area contributed by atoms with Gasteiger partial charge in [-0.1, -0.05) is 78.1 Å². The van der Waals surface area contributed by atoms with Crippen LogP contribution in [0.5, 0.6) is 0 Å². The van der Waals surface area contributed by atoms with Gasteiger partial charge in [0.05, 0.1) is 11.1 Å². The smallest absolute Gasteiger partial charge is 0.416 e. The van der Waals surface area contributed by atoms with Crippen LogP contribution >= 0.6 is 0 Å². The molecule has 0 fully saturated rings. The molecular formula is C24H36F4O2. The van der Waals surface area contributed by atoms with Crippen LogP contribution in [0.3, 0.4) is 0 Å². The molecule has 0 radical (unpaired) electrons. The van der Waals surface area contributed by atoms with Gasteiger partial charge in [-0.3, -0.25) is 0 Å². The highest BCUT2D eigenvalue weighted by Crippen LogP contribution is 2.30. The SMILES string of the molecule is CCCCCCCCCCCCCC(CC)OC(=O)c1cc(C(F)(F)F)ccc1F. The first-order valence-corrected chi connectivity index (χ1v) is 11.4. The van der Waals surface area contributed by atoms with Gasteiger partial charge in [-0.05, 0) is 37.5 Å². The number of hydrogen-bond acceptors (Lipinski definition) is 2. The summed E-state index contributed by atoms with van der Waals surface area (Å²) in [4.78, 5) is 12.2. The molecule has 0 aliphatic rings. The Morgan fingerprint density at radius 2 is 1.43 bits per heavy atom. The van der Waals surface area contributed by atoms with Gasteiger partial charge in [-0.15, -0.1) is 0 Å². The molecular weight excluding hydrogens is 396 g/mol. The van der Waals surface area contributed by atoms with Gasteiger partial charge in [0.25, 0.3) is 0 Å². The number of hydrogen-bond donors (Lipinski definition) is 0. The number of rotatable bonds is 15. The van der Waals surface area contributed by atoms with Crippen molar-refractivity contribution in [1.29, 1.82) is 0 Å². The van der Waals surface area contributed by atoms with Gasteiger partial charge in [0.2, 0.25) is 0 Å². The summed E-state index contributed by atoms with van der Waals surface area (Å²) >= 11 is 0. The van der Waals surface area contributed by atoms with E-state index in [1.54, 1.807) is 0 Å². The summed E-state index contributed by atoms with van der Waals surface area (Å²) in [6.07, 6.45) is 9.44. The molecule has 172 valence electrons. The molecule has 0 spiro atoms. The van der Waals surface area contributed by atoms with Crippen LogP contribution in [0.25, 0.3) is 0 Å². The van der Waals surface area contributed by atoms with Gasteiger partial charge in [0.1, 0.15) is 11.9 Å². The fraction of sp³-hybridized carbons (Fsp3) is 0.708. The third-order valence-corrected chi connectivity index (χ3v) is 5.37. The number of ether oxygens (including phenoxy) is 1. The highest BCUT2D eigenvalue weighted by molar-refractivity contribution is 5.90. The van der Waals surface area contributed by atoms with Crippen molar-refractivity contribution in [2.24, 2.45) is 0 Å². The fourth-order valence-electron chi connectivity index (χ4n) is 3.46. The normalized spacial score (nSPS) is 12.7. The summed E-state index contributed by atoms with van der Waals surface area (Å²) in [5, 5.41) is 0. The Balaban J connectivity index is 2.30. The molecule has 0 saturated heterocycles. The van der Waals surface area contributed by atoms with E-state index < -0.39 is 35.2 Å². The third kappa shape index (κ3) is 10.4. The van der Waals surface area contributed by atoms with Gasteiger partial charge in [-0.25, -0.2) is 9.18 Å². The first kappa shape index (κ1) is 26.4. The van der Waals surface area contributed by atoms with E-state index in [4.69, 9.17) is 4.74 Å². The summed E-state index contributed by atoms with van der Waals surface area (Å²) in [6, 6.07) is 1.80. The maximum atomic E-state index is 13.8. The van der Waals surface area contributed by atoms with Gasteiger partial charge in [0, 0.05) is 0 Å². The quantitative estimate of drug-likeness (QED) is 0.158. The van der Waals surface area contributed by atoms with Crippen LogP contribution in [0, 0.1) is 5.82 Å². The highest BCUT2D eigenvalue weighted by Gasteiger charge is 2.32. The lowest BCUT2D eigenvalue weighted by atomic mass is 10.0. The summed E-state index contributed by atoms with van der Waals surface area (Å²) < 4.78 is 57.5. The van der Waals surface area contributed by atoms with E-state index in [-0.39, 0.29) is 0 Å². The molecule has 1 aromatic carbocycles. The molecule has 1 rings (SSSR count). The van der Waals surface area contributed by atoms with Crippen LogP contribution in [-0.4, -0.2) is 12.1 Å². The Morgan fingerprint density at radius 1 is 0.900 bits per heavy atom. The second-order valence-electron chi connectivity index (χ2n) is 7.95. The van der Waals surface area contributed by atoms with E-state index in [0.717, 1.165) is 19.3 Å². The second kappa shape index (κ2) is 14.4. The molecule has 0 aliphatic carbocycles. The molecule has 0 heterocycles. The molecule has 2 nitrogen and oxygen atoms in total. The van der Waals surface area contributed by atoms with Crippen molar-refractivity contribution in [3.05, 3.63) is 35.1 Å². The minimum atomic E-state index is -4.64. The Hall–Kier alpha value is -1.59. The molecule has 1 unspecified atom stereocenters. The molecule has 6 heteroatoms. The zero-order valence-corrected chi connectivity index (χ0v) is 18.3. The van der Waals surface area contributed by atoms with Crippen molar-refractivity contribution < 1.29 is 27.1 Å². The largest absolute Gasteiger partial charge is 0.459 e. The average Bonchev–Trinajstić information content (AvgIpc) is 2.70. The Morgan fingerprint density at radius 3 is 1.93 bits per heavy atom. The first-order chi connectivity index (χ1) is 14.3. The van der Waals surface area contributed by atoms with Crippen LogP contribution in [-0.2, 0) is 10.9 Å². The molecule has 30 heavy (non-hydrogen) atoms. The molecule has 1 atom stereocenters. The lowest BCUT2D eigenvalue weighted by Gasteiger charge is -2.17. The van der Waals surface area contributed by atoms with E-state index in [9.17, 15) is 22.4 Å². The van der Waals surface area contributed by atoms with Crippen molar-refractivity contribution in [1.82, 2.24) is 0 Å². The van der Waals surface area contributed by atoms with Crippen molar-refractivity contribution in [2.75, 3.05) is 0 Å². The monoisotopic (exact) mass is 432 g/mol. The van der Waals surface area contributed by atoms with Crippen LogP contribution in [0.2, 0.25) is 0 Å². The predicted octanol–water partition coefficient (Wildman–Crippen LogP) is 8.48. The minimum Gasteiger partial charge on any atom is -0.459 e. The zero-order valence-electron chi connectivity index (χ0n) is 18.3. The standard InChI is InChI=1S/C24H36F4O2/c1-3-5-6-7-8-9-10-11-12-13-14-15-20(4-2)30-23(29)21-18-19(24(26,27)28)16-17-22(21)25/h16-18,20H,3-15H2,1-2H3. The lowest BCUT2D eigenvalue weighted by Crippen LogP contribution is -2.19. The van der Waals surface area contributed by atoms with Gasteiger partial charge in [-0.2, -0.15) is 13.2 Å². The summed E-state index contributed by atoms with van der Waals surface area (Å²) in [5.74, 6) is -2.04. The molecule has 1 aromatic rings. The molecule has 0 aliphatic heterocycles. The number of carbonyl (C=O) groups excluding carboxylic acids is 1. The van der Waals surface area contributed by atoms with Crippen LogP contribution in [0.15, 0.2) is 18.2 Å². The number of unbranched alkanes of at least 4 members (excludes halogenated alkanes) is 10. The van der Waals surface area contributed by atoms with Crippen LogP contribution in [0.1, 0.15) is 113 Å². The molecule has 0 saturated carbocycles. The summed E-state index contributed by atoms with van der Waals surface area (Å²) in [7, 11) is 0. The number of carbonyl (C=O) groups is 1. The highest BCUT2D eigenvalue weighted by atomic mass is 19.4. The number of halogens is 4. The first-order valence-electron chi connectivity index (χ1n) is 11.4. The van der Waals surface area contributed by atoms with Crippen molar-refractivity contribution >= 4 is 5.97 Å². The lowest BCUT2D eigenvalue weighted by molar-refractivity contribution is -0.137. The molecule has 0 bridgehead atoms. The van der Waals surface area contributed by atoms with Gasteiger partial charge >= 0.3 is 12.1 Å². The average molecular weight is 433 g/mol. The number of benzene rings is 1. The van der Waals surface area contributed by atoms with Crippen LogP contribution in [0.4, 0.5) is 17.6 Å². The molecule has 0 N–H and O–H groups in total. The molecule has 0 amide bonds. The Kier molecular flexibility index (Phi) is 12.7. The topological polar surface area (TPSA) is 26.3 Å². The zero-order chi connectivity index (χ0) is 22.4. The second-order valence-corrected chi connectivity index (χ2v) is 7.95. The van der Waals surface area contributed by atoms with Gasteiger partial charge < -0.3 is 4.74 Å². The van der Waals surface area contributed by atoms with Crippen molar-refractivity contribution in [2.45, 2.75) is 110 Å². The minimum absolute atomic E-state index is 0.412. The number of esters is 1. The van der Waals surface area contributed by atoms with Crippen LogP contribution < -0.4 is 0 Å². The maximum absolute atomic E-state index is 13.8. The van der Waals surface area contributed by atoms with E-state index in [0.29, 0.717) is 31.0 Å². The fourth-order valence-corrected chi connectivity index (χ4v) is 3.46. The summed E-state index contributed by atoms with van der Waals surface area (Å²) in [5.41, 5.74) is -1.73. The molecule has 0 aromatic heterocycles. The van der Waals surface area contributed by atoms with E-state index in [2.05, 4.69) is 6.92 Å². The maximum Gasteiger partial charge on any atom is 0.416 e. The van der Waals surface area contributed by atoms with E-state index in [1.807, 2.05) is 6.92 Å². The van der Waals surface area contributed by atoms with Crippen molar-refractivity contribution in [3.8, 4) is 0 Å². The number of alkyl halides is 3. The van der Waals surface area contributed by atoms with Gasteiger partial charge in [0.15, 0.2) is 0 Å². The Labute approximate surface area is 178 Å². The van der Waals surface area contributed by atoms with E-state index >= 15 is 0 Å². The Bertz CT molecular complexity index is 614. The predicted molar refractivity (Wildman–Crippen MR) is 112 cm³/mol.